The second kappa shape index (κ2) is 5.31. The van der Waals surface area contributed by atoms with Crippen LogP contribution in [0.15, 0.2) is 47.3 Å². The number of amides is 1. The maximum absolute atomic E-state index is 13.0. The Kier molecular flexibility index (Phi) is 3.44. The molecule has 1 aromatic heterocycles. The molecule has 118 valence electrons. The SMILES string of the molecule is O=C(Nc1ccccc1C(F)(F)F)c1cccc2[nH]c(=O)[nH]c12. The van der Waals surface area contributed by atoms with Crippen molar-refractivity contribution in [3.63, 3.8) is 0 Å². The van der Waals surface area contributed by atoms with Gasteiger partial charge in [0.05, 0.1) is 27.8 Å². The maximum Gasteiger partial charge on any atom is 0.418 e. The molecule has 0 bridgehead atoms. The summed E-state index contributed by atoms with van der Waals surface area (Å²) in [5.74, 6) is -0.748. The van der Waals surface area contributed by atoms with E-state index in [1.807, 2.05) is 0 Å². The number of aromatic nitrogens is 2. The molecule has 2 aromatic carbocycles. The number of H-pyrrole nitrogens is 2. The van der Waals surface area contributed by atoms with Gasteiger partial charge < -0.3 is 15.3 Å². The zero-order valence-electron chi connectivity index (χ0n) is 11.5. The first-order valence-corrected chi connectivity index (χ1v) is 6.55. The van der Waals surface area contributed by atoms with E-state index in [4.69, 9.17) is 0 Å². The second-order valence-electron chi connectivity index (χ2n) is 4.80. The normalized spacial score (nSPS) is 11.6. The molecule has 5 nitrogen and oxygen atoms in total. The second-order valence-corrected chi connectivity index (χ2v) is 4.80. The summed E-state index contributed by atoms with van der Waals surface area (Å²) in [6, 6.07) is 9.20. The number of aromatic amines is 2. The summed E-state index contributed by atoms with van der Waals surface area (Å²) < 4.78 is 38.9. The Morgan fingerprint density at radius 2 is 1.74 bits per heavy atom. The molecule has 0 saturated heterocycles. The molecule has 0 aliphatic heterocycles. The van der Waals surface area contributed by atoms with E-state index in [2.05, 4.69) is 15.3 Å². The van der Waals surface area contributed by atoms with Crippen molar-refractivity contribution in [1.82, 2.24) is 9.97 Å². The van der Waals surface area contributed by atoms with Gasteiger partial charge in [0.1, 0.15) is 0 Å². The Bertz CT molecular complexity index is 941. The third-order valence-corrected chi connectivity index (χ3v) is 3.28. The lowest BCUT2D eigenvalue weighted by Crippen LogP contribution is -2.17. The molecule has 0 fully saturated rings. The third-order valence-electron chi connectivity index (χ3n) is 3.28. The number of carbonyl (C=O) groups excluding carboxylic acids is 1. The highest BCUT2D eigenvalue weighted by atomic mass is 19.4. The fourth-order valence-corrected chi connectivity index (χ4v) is 2.28. The average Bonchev–Trinajstić information content (AvgIpc) is 2.86. The van der Waals surface area contributed by atoms with Crippen molar-refractivity contribution in [3.05, 3.63) is 64.1 Å². The number of alkyl halides is 3. The van der Waals surface area contributed by atoms with Gasteiger partial charge in [0, 0.05) is 0 Å². The van der Waals surface area contributed by atoms with E-state index in [1.165, 1.54) is 30.3 Å². The zero-order valence-corrected chi connectivity index (χ0v) is 11.5. The first kappa shape index (κ1) is 14.9. The monoisotopic (exact) mass is 321 g/mol. The number of fused-ring (bicyclic) bond motifs is 1. The summed E-state index contributed by atoms with van der Waals surface area (Å²) in [6.07, 6.45) is -4.59. The highest BCUT2D eigenvalue weighted by molar-refractivity contribution is 6.11. The summed E-state index contributed by atoms with van der Waals surface area (Å²) in [4.78, 5) is 28.5. The van der Waals surface area contributed by atoms with Gasteiger partial charge in [0.25, 0.3) is 5.91 Å². The number of rotatable bonds is 2. The topological polar surface area (TPSA) is 77.8 Å². The molecule has 1 heterocycles. The first-order chi connectivity index (χ1) is 10.9. The largest absolute Gasteiger partial charge is 0.418 e. The molecule has 0 atom stereocenters. The molecule has 0 spiro atoms. The number of benzene rings is 2. The van der Waals surface area contributed by atoms with Gasteiger partial charge in [-0.25, -0.2) is 4.79 Å². The molecular weight excluding hydrogens is 311 g/mol. The minimum atomic E-state index is -4.59. The van der Waals surface area contributed by atoms with Crippen LogP contribution < -0.4 is 11.0 Å². The van der Waals surface area contributed by atoms with E-state index in [-0.39, 0.29) is 16.8 Å². The standard InChI is InChI=1S/C15H10F3N3O2/c16-15(17,18)9-5-1-2-6-10(9)19-13(22)8-4-3-7-11-12(8)21-14(23)20-11/h1-7H,(H,19,22)(H2,20,21,23). The average molecular weight is 321 g/mol. The fraction of sp³-hybridized carbons (Fsp3) is 0.0667. The predicted octanol–water partition coefficient (Wildman–Crippen LogP) is 3.13. The van der Waals surface area contributed by atoms with Crippen LogP contribution in [0.4, 0.5) is 18.9 Å². The highest BCUT2D eigenvalue weighted by Gasteiger charge is 2.33. The van der Waals surface area contributed by atoms with Crippen LogP contribution in [0.25, 0.3) is 11.0 Å². The van der Waals surface area contributed by atoms with Gasteiger partial charge in [-0.05, 0) is 24.3 Å². The van der Waals surface area contributed by atoms with Gasteiger partial charge in [0.2, 0.25) is 0 Å². The highest BCUT2D eigenvalue weighted by Crippen LogP contribution is 2.34. The van der Waals surface area contributed by atoms with Crippen molar-refractivity contribution in [2.75, 3.05) is 5.32 Å². The lowest BCUT2D eigenvalue weighted by Gasteiger charge is -2.13. The number of imidazole rings is 1. The molecule has 0 radical (unpaired) electrons. The lowest BCUT2D eigenvalue weighted by molar-refractivity contribution is -0.136. The van der Waals surface area contributed by atoms with E-state index < -0.39 is 23.3 Å². The number of anilines is 1. The van der Waals surface area contributed by atoms with Crippen molar-refractivity contribution in [3.8, 4) is 0 Å². The summed E-state index contributed by atoms with van der Waals surface area (Å²) in [6.45, 7) is 0. The molecule has 0 unspecified atom stereocenters. The minimum Gasteiger partial charge on any atom is -0.321 e. The van der Waals surface area contributed by atoms with Crippen LogP contribution in [0.1, 0.15) is 15.9 Å². The number of carbonyl (C=O) groups is 1. The van der Waals surface area contributed by atoms with Crippen molar-refractivity contribution in [2.45, 2.75) is 6.18 Å². The predicted molar refractivity (Wildman–Crippen MR) is 78.3 cm³/mol. The van der Waals surface area contributed by atoms with Crippen molar-refractivity contribution in [1.29, 1.82) is 0 Å². The van der Waals surface area contributed by atoms with Crippen LogP contribution in [0, 0.1) is 0 Å². The molecule has 0 aliphatic carbocycles. The summed E-state index contributed by atoms with van der Waals surface area (Å²) in [5, 5.41) is 2.24. The smallest absolute Gasteiger partial charge is 0.321 e. The van der Waals surface area contributed by atoms with Crippen LogP contribution in [-0.2, 0) is 6.18 Å². The van der Waals surface area contributed by atoms with E-state index in [1.54, 1.807) is 6.07 Å². The lowest BCUT2D eigenvalue weighted by atomic mass is 10.1. The quantitative estimate of drug-likeness (QED) is 0.678. The molecule has 0 saturated carbocycles. The van der Waals surface area contributed by atoms with Crippen LogP contribution in [0.3, 0.4) is 0 Å². The Balaban J connectivity index is 2.01. The van der Waals surface area contributed by atoms with Gasteiger partial charge in [-0.1, -0.05) is 18.2 Å². The van der Waals surface area contributed by atoms with Crippen molar-refractivity contribution < 1.29 is 18.0 Å². The molecule has 3 rings (SSSR count). The summed E-state index contributed by atoms with van der Waals surface area (Å²) in [7, 11) is 0. The molecular formula is C15H10F3N3O2. The molecule has 1 amide bonds. The Morgan fingerprint density at radius 3 is 2.48 bits per heavy atom. The van der Waals surface area contributed by atoms with Gasteiger partial charge in [-0.2, -0.15) is 13.2 Å². The maximum atomic E-state index is 13.0. The van der Waals surface area contributed by atoms with Crippen molar-refractivity contribution >= 4 is 22.6 Å². The summed E-state index contributed by atoms with van der Waals surface area (Å²) in [5.41, 5.74) is -1.09. The molecule has 23 heavy (non-hydrogen) atoms. The zero-order chi connectivity index (χ0) is 16.6. The molecule has 0 aliphatic rings. The van der Waals surface area contributed by atoms with Crippen molar-refractivity contribution in [2.24, 2.45) is 0 Å². The summed E-state index contributed by atoms with van der Waals surface area (Å²) >= 11 is 0. The van der Waals surface area contributed by atoms with Gasteiger partial charge >= 0.3 is 11.9 Å². The third kappa shape index (κ3) is 2.83. The number of nitrogens with one attached hydrogen (secondary N) is 3. The van der Waals surface area contributed by atoms with Crippen LogP contribution in [-0.4, -0.2) is 15.9 Å². The van der Waals surface area contributed by atoms with Gasteiger partial charge in [0.15, 0.2) is 0 Å². The van der Waals surface area contributed by atoms with E-state index in [9.17, 15) is 22.8 Å². The van der Waals surface area contributed by atoms with Crippen LogP contribution >= 0.6 is 0 Å². The van der Waals surface area contributed by atoms with E-state index >= 15 is 0 Å². The Morgan fingerprint density at radius 1 is 1.00 bits per heavy atom. The van der Waals surface area contributed by atoms with E-state index in [0.717, 1.165) is 6.07 Å². The molecule has 8 heteroatoms. The number of para-hydroxylation sites is 2. The number of halogens is 3. The number of hydrogen-bond acceptors (Lipinski definition) is 2. The van der Waals surface area contributed by atoms with Gasteiger partial charge in [-0.15, -0.1) is 0 Å². The Labute approximate surface area is 127 Å². The minimum absolute atomic E-state index is 0.0674. The van der Waals surface area contributed by atoms with Crippen LogP contribution in [0.5, 0.6) is 0 Å². The fourth-order valence-electron chi connectivity index (χ4n) is 2.28. The Hall–Kier alpha value is -3.03. The number of hydrogen-bond donors (Lipinski definition) is 3. The molecule has 3 N–H and O–H groups in total. The van der Waals surface area contributed by atoms with Crippen LogP contribution in [0.2, 0.25) is 0 Å². The van der Waals surface area contributed by atoms with Gasteiger partial charge in [-0.3, -0.25) is 4.79 Å². The van der Waals surface area contributed by atoms with E-state index in [0.29, 0.717) is 5.52 Å². The molecule has 3 aromatic rings. The first-order valence-electron chi connectivity index (χ1n) is 6.55.